The molecule has 0 aromatic carbocycles. The Morgan fingerprint density at radius 1 is 1.47 bits per heavy atom. The number of carbonyl (C=O) groups is 2. The third kappa shape index (κ3) is 8.96. The van der Waals surface area contributed by atoms with Gasteiger partial charge in [0.2, 0.25) is 5.91 Å². The molecule has 0 rings (SSSR count). The summed E-state index contributed by atoms with van der Waals surface area (Å²) in [4.78, 5) is 21.2. The van der Waals surface area contributed by atoms with E-state index in [-0.39, 0.29) is 6.42 Å². The monoisotopic (exact) mass is 215 g/mol. The van der Waals surface area contributed by atoms with Crippen molar-refractivity contribution in [2.75, 3.05) is 6.54 Å². The lowest BCUT2D eigenvalue weighted by molar-refractivity contribution is -0.138. The highest BCUT2D eigenvalue weighted by Gasteiger charge is 2.10. The molecule has 0 bridgehead atoms. The molecule has 0 saturated carbocycles. The highest BCUT2D eigenvalue weighted by Crippen LogP contribution is 2.02. The maximum atomic E-state index is 11.0. The number of aliphatic carboxylic acids is 1. The minimum atomic E-state index is -1.09. The average Bonchev–Trinajstić information content (AvgIpc) is 2.15. The summed E-state index contributed by atoms with van der Waals surface area (Å²) in [6.07, 6.45) is 4.23. The molecular formula is C10H17NO4. The Kier molecular flexibility index (Phi) is 7.27. The van der Waals surface area contributed by atoms with E-state index in [1.54, 1.807) is 0 Å². The minimum absolute atomic E-state index is 0.0508. The molecule has 0 radical (unpaired) electrons. The molecule has 0 aliphatic rings. The van der Waals surface area contributed by atoms with Crippen LogP contribution >= 0.6 is 0 Å². The third-order valence-corrected chi connectivity index (χ3v) is 1.76. The smallest absolute Gasteiger partial charge is 0.322 e. The zero-order valence-corrected chi connectivity index (χ0v) is 8.77. The van der Waals surface area contributed by atoms with Crippen LogP contribution in [0.1, 0.15) is 26.2 Å². The lowest BCUT2D eigenvalue weighted by Crippen LogP contribution is -2.31. The third-order valence-electron chi connectivity index (χ3n) is 1.76. The fourth-order valence-electron chi connectivity index (χ4n) is 1.02. The van der Waals surface area contributed by atoms with Crippen LogP contribution in [-0.2, 0) is 9.59 Å². The van der Waals surface area contributed by atoms with Crippen molar-refractivity contribution in [2.24, 2.45) is 0 Å². The van der Waals surface area contributed by atoms with Gasteiger partial charge in [0.25, 0.3) is 0 Å². The Balaban J connectivity index is 3.61. The first-order valence-corrected chi connectivity index (χ1v) is 4.84. The van der Waals surface area contributed by atoms with E-state index >= 15 is 0 Å². The van der Waals surface area contributed by atoms with Gasteiger partial charge in [-0.15, -0.1) is 0 Å². The minimum Gasteiger partial charge on any atom is -0.480 e. The molecule has 5 nitrogen and oxygen atoms in total. The number of carboxylic acid groups (broad SMARTS) is 1. The van der Waals surface area contributed by atoms with Gasteiger partial charge in [0.05, 0.1) is 12.5 Å². The summed E-state index contributed by atoms with van der Waals surface area (Å²) in [7, 11) is 0. The molecule has 15 heavy (non-hydrogen) atoms. The van der Waals surface area contributed by atoms with Crippen LogP contribution in [0.5, 0.6) is 0 Å². The second-order valence-electron chi connectivity index (χ2n) is 3.17. The first-order chi connectivity index (χ1) is 7.06. The normalized spacial score (nSPS) is 12.7. The maximum Gasteiger partial charge on any atom is 0.322 e. The van der Waals surface area contributed by atoms with Gasteiger partial charge in [0.15, 0.2) is 0 Å². The Labute approximate surface area is 88.8 Å². The number of hydrogen-bond acceptors (Lipinski definition) is 3. The SMILES string of the molecule is C/C=C/CCC(O)CC(=O)NCC(=O)O. The van der Waals surface area contributed by atoms with E-state index in [1.807, 2.05) is 19.1 Å². The molecule has 0 aliphatic heterocycles. The Morgan fingerprint density at radius 3 is 2.67 bits per heavy atom. The van der Waals surface area contributed by atoms with Crippen LogP contribution < -0.4 is 5.32 Å². The second-order valence-corrected chi connectivity index (χ2v) is 3.17. The summed E-state index contributed by atoms with van der Waals surface area (Å²) in [5, 5.41) is 19.8. The fraction of sp³-hybridized carbons (Fsp3) is 0.600. The molecule has 1 amide bonds. The molecule has 0 saturated heterocycles. The zero-order chi connectivity index (χ0) is 11.7. The summed E-state index contributed by atoms with van der Waals surface area (Å²) in [6, 6.07) is 0. The van der Waals surface area contributed by atoms with E-state index < -0.39 is 24.5 Å². The number of nitrogens with one attached hydrogen (secondary N) is 1. The summed E-state index contributed by atoms with van der Waals surface area (Å²) in [6.45, 7) is 1.48. The van der Waals surface area contributed by atoms with Crippen LogP contribution in [0.4, 0.5) is 0 Å². The van der Waals surface area contributed by atoms with Crippen LogP contribution in [0.15, 0.2) is 12.2 Å². The van der Waals surface area contributed by atoms with Crippen molar-refractivity contribution in [3.8, 4) is 0 Å². The summed E-state index contributed by atoms with van der Waals surface area (Å²) in [5.74, 6) is -1.53. The molecule has 3 N–H and O–H groups in total. The number of aliphatic hydroxyl groups excluding tert-OH is 1. The van der Waals surface area contributed by atoms with E-state index in [4.69, 9.17) is 5.11 Å². The van der Waals surface area contributed by atoms with Gasteiger partial charge in [-0.05, 0) is 19.8 Å². The van der Waals surface area contributed by atoms with Gasteiger partial charge in [-0.3, -0.25) is 9.59 Å². The van der Waals surface area contributed by atoms with E-state index in [9.17, 15) is 14.7 Å². The van der Waals surface area contributed by atoms with Crippen molar-refractivity contribution in [3.05, 3.63) is 12.2 Å². The molecule has 0 aromatic heterocycles. The first-order valence-electron chi connectivity index (χ1n) is 4.84. The topological polar surface area (TPSA) is 86.6 Å². The van der Waals surface area contributed by atoms with Gasteiger partial charge in [-0.2, -0.15) is 0 Å². The predicted molar refractivity (Wildman–Crippen MR) is 55.3 cm³/mol. The predicted octanol–water partition coefficient (Wildman–Crippen LogP) is 0.294. The number of rotatable bonds is 7. The van der Waals surface area contributed by atoms with Crippen molar-refractivity contribution in [1.29, 1.82) is 0 Å². The first kappa shape index (κ1) is 13.6. The van der Waals surface area contributed by atoms with Crippen LogP contribution in [0, 0.1) is 0 Å². The molecule has 0 heterocycles. The summed E-state index contributed by atoms with van der Waals surface area (Å²) >= 11 is 0. The van der Waals surface area contributed by atoms with Gasteiger partial charge < -0.3 is 15.5 Å². The molecular weight excluding hydrogens is 198 g/mol. The van der Waals surface area contributed by atoms with E-state index in [2.05, 4.69) is 5.32 Å². The number of carbonyl (C=O) groups excluding carboxylic acids is 1. The Hall–Kier alpha value is -1.36. The van der Waals surface area contributed by atoms with Crippen molar-refractivity contribution < 1.29 is 19.8 Å². The zero-order valence-electron chi connectivity index (χ0n) is 8.77. The van der Waals surface area contributed by atoms with Crippen molar-refractivity contribution >= 4 is 11.9 Å². The molecule has 0 spiro atoms. The number of carboxylic acids is 1. The van der Waals surface area contributed by atoms with Crippen LogP contribution in [-0.4, -0.2) is 34.7 Å². The number of allylic oxidation sites excluding steroid dienone is 2. The molecule has 0 fully saturated rings. The van der Waals surface area contributed by atoms with Gasteiger partial charge in [0, 0.05) is 0 Å². The van der Waals surface area contributed by atoms with Gasteiger partial charge in [-0.25, -0.2) is 0 Å². The number of amides is 1. The summed E-state index contributed by atoms with van der Waals surface area (Å²) < 4.78 is 0. The molecule has 1 atom stereocenters. The largest absolute Gasteiger partial charge is 0.480 e. The van der Waals surface area contributed by atoms with Crippen molar-refractivity contribution in [3.63, 3.8) is 0 Å². The lowest BCUT2D eigenvalue weighted by atomic mass is 10.1. The molecule has 0 aromatic rings. The van der Waals surface area contributed by atoms with Gasteiger partial charge in [-0.1, -0.05) is 12.2 Å². The molecule has 1 unspecified atom stereocenters. The Morgan fingerprint density at radius 2 is 2.13 bits per heavy atom. The lowest BCUT2D eigenvalue weighted by Gasteiger charge is -2.08. The van der Waals surface area contributed by atoms with Crippen LogP contribution in [0.2, 0.25) is 0 Å². The maximum absolute atomic E-state index is 11.0. The second kappa shape index (κ2) is 7.99. The highest BCUT2D eigenvalue weighted by atomic mass is 16.4. The van der Waals surface area contributed by atoms with E-state index in [0.717, 1.165) is 0 Å². The van der Waals surface area contributed by atoms with Crippen LogP contribution in [0.25, 0.3) is 0 Å². The van der Waals surface area contributed by atoms with E-state index in [0.29, 0.717) is 12.8 Å². The molecule has 0 aliphatic carbocycles. The number of aliphatic hydroxyl groups is 1. The molecule has 5 heteroatoms. The van der Waals surface area contributed by atoms with Gasteiger partial charge in [0.1, 0.15) is 6.54 Å². The number of hydrogen-bond donors (Lipinski definition) is 3. The molecule has 86 valence electrons. The van der Waals surface area contributed by atoms with E-state index in [1.165, 1.54) is 0 Å². The highest BCUT2D eigenvalue weighted by molar-refractivity contribution is 5.81. The van der Waals surface area contributed by atoms with Crippen molar-refractivity contribution in [2.45, 2.75) is 32.3 Å². The van der Waals surface area contributed by atoms with Crippen LogP contribution in [0.3, 0.4) is 0 Å². The Bertz CT molecular complexity index is 238. The fourth-order valence-corrected chi connectivity index (χ4v) is 1.02. The van der Waals surface area contributed by atoms with Gasteiger partial charge >= 0.3 is 5.97 Å². The standard InChI is InChI=1S/C10H17NO4/c1-2-3-4-5-8(12)6-9(13)11-7-10(14)15/h2-3,8,12H,4-7H2,1H3,(H,11,13)(H,14,15)/b3-2+. The summed E-state index contributed by atoms with van der Waals surface area (Å²) in [5.41, 5.74) is 0. The van der Waals surface area contributed by atoms with Crippen molar-refractivity contribution in [1.82, 2.24) is 5.32 Å². The quantitative estimate of drug-likeness (QED) is 0.533. The average molecular weight is 215 g/mol.